The number of carboxylic acid groups (broad SMARTS) is 1. The van der Waals surface area contributed by atoms with Gasteiger partial charge in [-0.2, -0.15) is 5.10 Å². The van der Waals surface area contributed by atoms with Gasteiger partial charge in [-0.3, -0.25) is 4.79 Å². The first-order valence-electron chi connectivity index (χ1n) is 6.28. The quantitative estimate of drug-likeness (QED) is 0.822. The van der Waals surface area contributed by atoms with Gasteiger partial charge in [0.2, 0.25) is 0 Å². The molecule has 0 spiro atoms. The highest BCUT2D eigenvalue weighted by atomic mass is 16.5. The molecule has 6 nitrogen and oxygen atoms in total. The Hall–Kier alpha value is -1.95. The summed E-state index contributed by atoms with van der Waals surface area (Å²) in [6, 6.07) is 1.63. The molecular formula is C14H20N2O4. The van der Waals surface area contributed by atoms with Crippen molar-refractivity contribution in [3.63, 3.8) is 0 Å². The number of hydrogen-bond donors (Lipinski definition) is 1. The van der Waals surface area contributed by atoms with E-state index >= 15 is 0 Å². The van der Waals surface area contributed by atoms with Crippen LogP contribution in [0.4, 0.5) is 0 Å². The third kappa shape index (κ3) is 4.31. The summed E-state index contributed by atoms with van der Waals surface area (Å²) in [6.45, 7) is 6.62. The maximum Gasteiger partial charge on any atom is 0.328 e. The first-order chi connectivity index (χ1) is 9.25. The molecule has 1 rings (SSSR count). The Labute approximate surface area is 117 Å². The molecule has 1 N–H and O–H groups in total. The summed E-state index contributed by atoms with van der Waals surface area (Å²) in [4.78, 5) is 22.8. The van der Waals surface area contributed by atoms with Crippen molar-refractivity contribution < 1.29 is 14.6 Å². The first kappa shape index (κ1) is 16.1. The SMILES string of the molecule is COCCn1nc(C(C)(C)C)cc(/C=C/C(=O)O)c1=O. The molecule has 1 aromatic rings. The predicted molar refractivity (Wildman–Crippen MR) is 75.7 cm³/mol. The van der Waals surface area contributed by atoms with E-state index < -0.39 is 5.97 Å². The lowest BCUT2D eigenvalue weighted by Gasteiger charge is -2.19. The molecule has 0 aromatic carbocycles. The second-order valence-corrected chi connectivity index (χ2v) is 5.43. The fourth-order valence-corrected chi connectivity index (χ4v) is 1.54. The number of methoxy groups -OCH3 is 1. The average Bonchev–Trinajstić information content (AvgIpc) is 2.34. The molecule has 0 atom stereocenters. The summed E-state index contributed by atoms with van der Waals surface area (Å²) in [7, 11) is 1.55. The highest BCUT2D eigenvalue weighted by Gasteiger charge is 2.18. The Morgan fingerprint density at radius 2 is 2.15 bits per heavy atom. The van der Waals surface area contributed by atoms with E-state index in [0.29, 0.717) is 18.7 Å². The number of nitrogens with zero attached hydrogens (tertiary/aromatic N) is 2. The van der Waals surface area contributed by atoms with Crippen molar-refractivity contribution in [3.8, 4) is 0 Å². The van der Waals surface area contributed by atoms with Gasteiger partial charge in [0.25, 0.3) is 5.56 Å². The molecule has 20 heavy (non-hydrogen) atoms. The van der Waals surface area contributed by atoms with Crippen molar-refractivity contribution in [3.05, 3.63) is 33.8 Å². The molecule has 0 unspecified atom stereocenters. The van der Waals surface area contributed by atoms with Crippen molar-refractivity contribution in [2.24, 2.45) is 0 Å². The Bertz CT molecular complexity index is 568. The third-order valence-corrected chi connectivity index (χ3v) is 2.68. The topological polar surface area (TPSA) is 81.4 Å². The lowest BCUT2D eigenvalue weighted by Crippen LogP contribution is -2.30. The van der Waals surface area contributed by atoms with Gasteiger partial charge >= 0.3 is 5.97 Å². The van der Waals surface area contributed by atoms with Gasteiger partial charge in [-0.15, -0.1) is 0 Å². The summed E-state index contributed by atoms with van der Waals surface area (Å²) in [5.74, 6) is -1.10. The summed E-state index contributed by atoms with van der Waals surface area (Å²) in [5, 5.41) is 13.0. The van der Waals surface area contributed by atoms with Crippen LogP contribution >= 0.6 is 0 Å². The van der Waals surface area contributed by atoms with E-state index in [2.05, 4.69) is 5.10 Å². The molecule has 6 heteroatoms. The lowest BCUT2D eigenvalue weighted by atomic mass is 9.91. The molecule has 110 valence electrons. The first-order valence-corrected chi connectivity index (χ1v) is 6.28. The monoisotopic (exact) mass is 280 g/mol. The molecule has 0 aliphatic rings. The summed E-state index contributed by atoms with van der Waals surface area (Å²) >= 11 is 0. The summed E-state index contributed by atoms with van der Waals surface area (Å²) in [5.41, 5.74) is 0.461. The number of ether oxygens (including phenoxy) is 1. The molecule has 0 fully saturated rings. The van der Waals surface area contributed by atoms with E-state index in [1.165, 1.54) is 10.8 Å². The Balaban J connectivity index is 3.34. The van der Waals surface area contributed by atoms with Crippen LogP contribution in [0.5, 0.6) is 0 Å². The van der Waals surface area contributed by atoms with Gasteiger partial charge in [-0.1, -0.05) is 20.8 Å². The largest absolute Gasteiger partial charge is 0.478 e. The fraction of sp³-hybridized carbons (Fsp3) is 0.500. The standard InChI is InChI=1S/C14H20N2O4/c1-14(2,3)11-9-10(5-6-12(17)18)13(19)16(15-11)7-8-20-4/h5-6,9H,7-8H2,1-4H3,(H,17,18)/b6-5+. The van der Waals surface area contributed by atoms with E-state index in [-0.39, 0.29) is 11.0 Å². The van der Waals surface area contributed by atoms with Crippen LogP contribution in [0, 0.1) is 0 Å². The third-order valence-electron chi connectivity index (χ3n) is 2.68. The molecule has 0 saturated carbocycles. The average molecular weight is 280 g/mol. The zero-order valence-corrected chi connectivity index (χ0v) is 12.2. The van der Waals surface area contributed by atoms with Crippen molar-refractivity contribution in [1.29, 1.82) is 0 Å². The number of aliphatic carboxylic acids is 1. The number of rotatable bonds is 5. The Morgan fingerprint density at radius 3 is 2.65 bits per heavy atom. The number of aromatic nitrogens is 2. The van der Waals surface area contributed by atoms with Crippen molar-refractivity contribution >= 4 is 12.0 Å². The van der Waals surface area contributed by atoms with E-state index in [9.17, 15) is 9.59 Å². The normalized spacial score (nSPS) is 12.0. The number of carbonyl (C=O) groups is 1. The zero-order valence-electron chi connectivity index (χ0n) is 12.2. The maximum absolute atomic E-state index is 12.2. The van der Waals surface area contributed by atoms with Gasteiger partial charge < -0.3 is 9.84 Å². The van der Waals surface area contributed by atoms with Crippen LogP contribution in [0.3, 0.4) is 0 Å². The minimum Gasteiger partial charge on any atom is -0.478 e. The maximum atomic E-state index is 12.2. The highest BCUT2D eigenvalue weighted by molar-refractivity contribution is 5.85. The Kier molecular flexibility index (Phi) is 5.21. The van der Waals surface area contributed by atoms with Crippen molar-refractivity contribution in [2.45, 2.75) is 32.7 Å². The van der Waals surface area contributed by atoms with Crippen LogP contribution in [0.25, 0.3) is 6.08 Å². The van der Waals surface area contributed by atoms with Gasteiger partial charge in [-0.05, 0) is 12.1 Å². The van der Waals surface area contributed by atoms with E-state index in [1.807, 2.05) is 20.8 Å². The van der Waals surface area contributed by atoms with Crippen LogP contribution < -0.4 is 5.56 Å². The zero-order chi connectivity index (χ0) is 15.3. The van der Waals surface area contributed by atoms with Crippen LogP contribution in [0.2, 0.25) is 0 Å². The van der Waals surface area contributed by atoms with Gasteiger partial charge in [0.05, 0.1) is 18.8 Å². The van der Waals surface area contributed by atoms with E-state index in [0.717, 1.165) is 11.8 Å². The molecule has 0 aliphatic heterocycles. The highest BCUT2D eigenvalue weighted by Crippen LogP contribution is 2.19. The molecular weight excluding hydrogens is 260 g/mol. The van der Waals surface area contributed by atoms with Crippen molar-refractivity contribution in [2.75, 3.05) is 13.7 Å². The second kappa shape index (κ2) is 6.47. The van der Waals surface area contributed by atoms with Crippen molar-refractivity contribution in [1.82, 2.24) is 9.78 Å². The smallest absolute Gasteiger partial charge is 0.328 e. The summed E-state index contributed by atoms with van der Waals surface area (Å²) in [6.07, 6.45) is 2.24. The fourth-order valence-electron chi connectivity index (χ4n) is 1.54. The number of carboxylic acids is 1. The molecule has 0 aliphatic carbocycles. The lowest BCUT2D eigenvalue weighted by molar-refractivity contribution is -0.131. The van der Waals surface area contributed by atoms with Gasteiger partial charge in [0.15, 0.2) is 0 Å². The molecule has 0 bridgehead atoms. The molecule has 0 radical (unpaired) electrons. The molecule has 0 amide bonds. The van der Waals surface area contributed by atoms with E-state index in [4.69, 9.17) is 9.84 Å². The van der Waals surface area contributed by atoms with Gasteiger partial charge in [-0.25, -0.2) is 9.48 Å². The molecule has 0 saturated heterocycles. The minimum atomic E-state index is -1.10. The van der Waals surface area contributed by atoms with E-state index in [1.54, 1.807) is 13.2 Å². The van der Waals surface area contributed by atoms with Crippen LogP contribution in [0.15, 0.2) is 16.9 Å². The van der Waals surface area contributed by atoms with Crippen LogP contribution in [-0.4, -0.2) is 34.6 Å². The van der Waals surface area contributed by atoms with Crippen LogP contribution in [0.1, 0.15) is 32.0 Å². The van der Waals surface area contributed by atoms with Crippen LogP contribution in [-0.2, 0) is 21.5 Å². The minimum absolute atomic E-state index is 0.242. The van der Waals surface area contributed by atoms with Gasteiger partial charge in [0, 0.05) is 24.2 Å². The van der Waals surface area contributed by atoms with Gasteiger partial charge in [0.1, 0.15) is 0 Å². The second-order valence-electron chi connectivity index (χ2n) is 5.43. The number of hydrogen-bond acceptors (Lipinski definition) is 4. The molecule has 1 aromatic heterocycles. The summed E-state index contributed by atoms with van der Waals surface area (Å²) < 4.78 is 6.26. The Morgan fingerprint density at radius 1 is 1.50 bits per heavy atom. The molecule has 1 heterocycles. The predicted octanol–water partition coefficient (Wildman–Crippen LogP) is 1.28.